The van der Waals surface area contributed by atoms with E-state index in [0.717, 1.165) is 12.1 Å². The molecule has 0 saturated heterocycles. The first-order valence-electron chi connectivity index (χ1n) is 5.10. The van der Waals surface area contributed by atoms with E-state index in [1.807, 2.05) is 0 Å². The molecule has 3 N–H and O–H groups in total. The maximum atomic E-state index is 13.0. The van der Waals surface area contributed by atoms with Gasteiger partial charge in [-0.25, -0.2) is 13.8 Å². The normalized spacial score (nSPS) is 10.2. The molecule has 0 fully saturated rings. The number of aromatic nitrogens is 1. The fourth-order valence-corrected chi connectivity index (χ4v) is 1.41. The minimum Gasteiger partial charge on any atom is -0.378 e. The quantitative estimate of drug-likeness (QED) is 0.657. The minimum absolute atomic E-state index is 0.189. The summed E-state index contributed by atoms with van der Waals surface area (Å²) in [4.78, 5) is 13.6. The molecule has 6 nitrogen and oxygen atoms in total. The number of nitrogens with two attached hydrogens (primary N) is 1. The van der Waals surface area contributed by atoms with Gasteiger partial charge in [0.25, 0.3) is 0 Å². The predicted octanol–water partition coefficient (Wildman–Crippen LogP) is 2.59. The highest BCUT2D eigenvalue weighted by molar-refractivity contribution is 5.62. The molecule has 0 unspecified atom stereocenters. The second-order valence-corrected chi connectivity index (χ2v) is 3.61. The Balaban J connectivity index is 2.26. The Morgan fingerprint density at radius 3 is 2.53 bits per heavy atom. The smallest absolute Gasteiger partial charge is 0.311 e. The molecule has 8 heteroatoms. The molecule has 2 rings (SSSR count). The first-order chi connectivity index (χ1) is 8.97. The van der Waals surface area contributed by atoms with E-state index < -0.39 is 16.6 Å². The Labute approximate surface area is 106 Å². The number of hydrogen-bond donors (Lipinski definition) is 2. The molecule has 0 spiro atoms. The van der Waals surface area contributed by atoms with Crippen molar-refractivity contribution in [3.63, 3.8) is 0 Å². The Hall–Kier alpha value is -2.77. The van der Waals surface area contributed by atoms with Crippen LogP contribution in [0, 0.1) is 21.7 Å². The third kappa shape index (κ3) is 2.73. The van der Waals surface area contributed by atoms with Crippen LogP contribution in [0.3, 0.4) is 0 Å². The van der Waals surface area contributed by atoms with Crippen molar-refractivity contribution < 1.29 is 13.7 Å². The molecule has 0 aliphatic heterocycles. The van der Waals surface area contributed by atoms with Crippen molar-refractivity contribution in [2.45, 2.75) is 0 Å². The van der Waals surface area contributed by atoms with Gasteiger partial charge in [0.2, 0.25) is 5.82 Å². The summed E-state index contributed by atoms with van der Waals surface area (Å²) in [6.07, 6.45) is 0. The molecule has 2 aromatic rings. The third-order valence-corrected chi connectivity index (χ3v) is 2.29. The zero-order valence-corrected chi connectivity index (χ0v) is 9.43. The van der Waals surface area contributed by atoms with Crippen molar-refractivity contribution in [3.05, 3.63) is 52.1 Å². The Morgan fingerprint density at radius 1 is 1.21 bits per heavy atom. The number of hydrogen-bond acceptors (Lipinski definition) is 5. The van der Waals surface area contributed by atoms with E-state index in [9.17, 15) is 18.9 Å². The highest BCUT2D eigenvalue weighted by Crippen LogP contribution is 2.23. The van der Waals surface area contributed by atoms with Gasteiger partial charge in [-0.05, 0) is 18.2 Å². The van der Waals surface area contributed by atoms with Crippen LogP contribution >= 0.6 is 0 Å². The van der Waals surface area contributed by atoms with Crippen molar-refractivity contribution >= 4 is 23.0 Å². The highest BCUT2D eigenvalue weighted by atomic mass is 19.2. The summed E-state index contributed by atoms with van der Waals surface area (Å²) >= 11 is 0. The van der Waals surface area contributed by atoms with Gasteiger partial charge in [0, 0.05) is 17.8 Å². The molecule has 1 aromatic heterocycles. The molecule has 1 heterocycles. The molecular formula is C11H8F2N4O2. The van der Waals surface area contributed by atoms with E-state index in [1.54, 1.807) is 0 Å². The summed E-state index contributed by atoms with van der Waals surface area (Å²) in [6, 6.07) is 5.68. The van der Waals surface area contributed by atoms with Gasteiger partial charge < -0.3 is 11.1 Å². The van der Waals surface area contributed by atoms with Crippen LogP contribution in [0.1, 0.15) is 0 Å². The number of nitro groups is 1. The summed E-state index contributed by atoms with van der Waals surface area (Å²) < 4.78 is 25.7. The second kappa shape index (κ2) is 4.84. The van der Waals surface area contributed by atoms with Crippen molar-refractivity contribution in [1.29, 1.82) is 0 Å². The van der Waals surface area contributed by atoms with Crippen LogP contribution in [0.15, 0.2) is 30.3 Å². The SMILES string of the molecule is Nc1nc(Nc2ccc(F)c(F)c2)ccc1[N+](=O)[O-]. The van der Waals surface area contributed by atoms with E-state index >= 15 is 0 Å². The monoisotopic (exact) mass is 266 g/mol. The number of nitrogen functional groups attached to an aromatic ring is 1. The Kier molecular flexibility index (Phi) is 3.23. The van der Waals surface area contributed by atoms with Crippen LogP contribution < -0.4 is 11.1 Å². The third-order valence-electron chi connectivity index (χ3n) is 2.29. The standard InChI is InChI=1S/C11H8F2N4O2/c12-7-2-1-6(5-8(7)13)15-10-4-3-9(17(18)19)11(14)16-10/h1-5H,(H3,14,15,16). The number of anilines is 3. The molecule has 0 amide bonds. The summed E-state index contributed by atoms with van der Waals surface area (Å²) in [5.74, 6) is -2.06. The summed E-state index contributed by atoms with van der Waals surface area (Å²) in [7, 11) is 0. The highest BCUT2D eigenvalue weighted by Gasteiger charge is 2.13. The van der Waals surface area contributed by atoms with Crippen molar-refractivity contribution in [2.75, 3.05) is 11.1 Å². The van der Waals surface area contributed by atoms with Gasteiger partial charge in [0.05, 0.1) is 4.92 Å². The molecule has 0 aliphatic rings. The molecule has 0 bridgehead atoms. The zero-order valence-electron chi connectivity index (χ0n) is 9.43. The lowest BCUT2D eigenvalue weighted by molar-refractivity contribution is -0.384. The summed E-state index contributed by atoms with van der Waals surface area (Å²) in [6.45, 7) is 0. The number of nitrogens with zero attached hydrogens (tertiary/aromatic N) is 2. The van der Waals surface area contributed by atoms with Gasteiger partial charge in [0.15, 0.2) is 11.6 Å². The van der Waals surface area contributed by atoms with E-state index in [-0.39, 0.29) is 23.0 Å². The predicted molar refractivity (Wildman–Crippen MR) is 64.9 cm³/mol. The van der Waals surface area contributed by atoms with Gasteiger partial charge in [0.1, 0.15) is 5.82 Å². The van der Waals surface area contributed by atoms with E-state index in [1.165, 1.54) is 18.2 Å². The summed E-state index contributed by atoms with van der Waals surface area (Å²) in [5, 5.41) is 13.2. The maximum absolute atomic E-state index is 13.0. The van der Waals surface area contributed by atoms with E-state index in [4.69, 9.17) is 5.73 Å². The lowest BCUT2D eigenvalue weighted by Gasteiger charge is -2.06. The minimum atomic E-state index is -1.01. The Bertz CT molecular complexity index is 649. The summed E-state index contributed by atoms with van der Waals surface area (Å²) in [5.41, 5.74) is 5.33. The average molecular weight is 266 g/mol. The average Bonchev–Trinajstić information content (AvgIpc) is 2.33. The molecule has 1 aromatic carbocycles. The zero-order chi connectivity index (χ0) is 14.0. The van der Waals surface area contributed by atoms with Crippen molar-refractivity contribution in [3.8, 4) is 0 Å². The van der Waals surface area contributed by atoms with Crippen LogP contribution in [0.5, 0.6) is 0 Å². The number of rotatable bonds is 3. The first kappa shape index (κ1) is 12.7. The maximum Gasteiger partial charge on any atom is 0.311 e. The second-order valence-electron chi connectivity index (χ2n) is 3.61. The van der Waals surface area contributed by atoms with Gasteiger partial charge >= 0.3 is 5.69 Å². The van der Waals surface area contributed by atoms with Gasteiger partial charge in [-0.2, -0.15) is 0 Å². The van der Waals surface area contributed by atoms with Gasteiger partial charge in [-0.3, -0.25) is 10.1 Å². The number of halogens is 2. The fraction of sp³-hybridized carbons (Fsp3) is 0. The molecule has 0 radical (unpaired) electrons. The van der Waals surface area contributed by atoms with E-state index in [2.05, 4.69) is 10.3 Å². The number of nitrogens with one attached hydrogen (secondary N) is 1. The van der Waals surface area contributed by atoms with Crippen LogP contribution in [-0.2, 0) is 0 Å². The van der Waals surface area contributed by atoms with Gasteiger partial charge in [-0.1, -0.05) is 0 Å². The molecule has 19 heavy (non-hydrogen) atoms. The lowest BCUT2D eigenvalue weighted by Crippen LogP contribution is -2.01. The Morgan fingerprint density at radius 2 is 1.95 bits per heavy atom. The fourth-order valence-electron chi connectivity index (χ4n) is 1.41. The van der Waals surface area contributed by atoms with Crippen LogP contribution in [0.2, 0.25) is 0 Å². The molecular weight excluding hydrogens is 258 g/mol. The van der Waals surface area contributed by atoms with Crippen LogP contribution in [0.4, 0.5) is 31.8 Å². The van der Waals surface area contributed by atoms with Crippen molar-refractivity contribution in [2.24, 2.45) is 0 Å². The van der Waals surface area contributed by atoms with E-state index in [0.29, 0.717) is 0 Å². The van der Waals surface area contributed by atoms with Gasteiger partial charge in [-0.15, -0.1) is 0 Å². The number of benzene rings is 1. The molecule has 0 atom stereocenters. The van der Waals surface area contributed by atoms with Crippen LogP contribution in [0.25, 0.3) is 0 Å². The lowest BCUT2D eigenvalue weighted by atomic mass is 10.3. The first-order valence-corrected chi connectivity index (χ1v) is 5.10. The molecule has 0 aliphatic carbocycles. The van der Waals surface area contributed by atoms with Crippen LogP contribution in [-0.4, -0.2) is 9.91 Å². The molecule has 0 saturated carbocycles. The van der Waals surface area contributed by atoms with Crippen molar-refractivity contribution in [1.82, 2.24) is 4.98 Å². The largest absolute Gasteiger partial charge is 0.378 e. The number of pyridine rings is 1. The molecule has 98 valence electrons. The topological polar surface area (TPSA) is 94.1 Å².